The van der Waals surface area contributed by atoms with Crippen LogP contribution in [0.5, 0.6) is 0 Å². The monoisotopic (exact) mass is 323 g/mol. The van der Waals surface area contributed by atoms with Crippen LogP contribution in [0.15, 0.2) is 18.2 Å². The molecule has 1 aromatic carbocycles. The Balaban J connectivity index is 0.00000176. The molecule has 6 heteroatoms. The molecule has 2 amide bonds. The second-order valence-corrected chi connectivity index (χ2v) is 6.08. The molecule has 0 aromatic heterocycles. The Kier molecular flexibility index (Phi) is 5.08. The van der Waals surface area contributed by atoms with E-state index in [1.807, 2.05) is 24.0 Å². The Labute approximate surface area is 136 Å². The number of likely N-dealkylation sites (tertiary alicyclic amines) is 1. The van der Waals surface area contributed by atoms with Gasteiger partial charge in [0.25, 0.3) is 5.91 Å². The average molecular weight is 324 g/mol. The molecule has 2 atom stereocenters. The third-order valence-electron chi connectivity index (χ3n) is 4.50. The predicted molar refractivity (Wildman–Crippen MR) is 88.3 cm³/mol. The summed E-state index contributed by atoms with van der Waals surface area (Å²) in [6.07, 6.45) is 2.16. The molecule has 2 unspecified atom stereocenters. The van der Waals surface area contributed by atoms with Crippen LogP contribution in [0.2, 0.25) is 0 Å². The van der Waals surface area contributed by atoms with Crippen molar-refractivity contribution >= 4 is 29.9 Å². The fourth-order valence-corrected chi connectivity index (χ4v) is 3.10. The minimum absolute atomic E-state index is 0. The van der Waals surface area contributed by atoms with E-state index in [-0.39, 0.29) is 30.3 Å². The van der Waals surface area contributed by atoms with Gasteiger partial charge in [-0.2, -0.15) is 0 Å². The molecule has 1 saturated heterocycles. The summed E-state index contributed by atoms with van der Waals surface area (Å²) in [5.74, 6) is 0.504. The molecule has 3 rings (SSSR count). The topological polar surface area (TPSA) is 75.4 Å². The van der Waals surface area contributed by atoms with E-state index in [4.69, 9.17) is 5.73 Å². The van der Waals surface area contributed by atoms with Gasteiger partial charge >= 0.3 is 0 Å². The molecule has 5 nitrogen and oxygen atoms in total. The Hall–Kier alpha value is -1.59. The number of nitrogens with one attached hydrogen (secondary N) is 1. The van der Waals surface area contributed by atoms with Gasteiger partial charge in [0, 0.05) is 36.8 Å². The van der Waals surface area contributed by atoms with Crippen LogP contribution in [0, 0.1) is 5.92 Å². The molecule has 2 aliphatic heterocycles. The molecule has 1 aromatic rings. The quantitative estimate of drug-likeness (QED) is 0.871. The van der Waals surface area contributed by atoms with E-state index < -0.39 is 0 Å². The summed E-state index contributed by atoms with van der Waals surface area (Å²) >= 11 is 0. The molecule has 0 spiro atoms. The summed E-state index contributed by atoms with van der Waals surface area (Å²) in [5, 5.41) is 2.84. The second-order valence-electron chi connectivity index (χ2n) is 6.08. The minimum atomic E-state index is 0. The number of carbonyl (C=O) groups is 2. The molecule has 0 aliphatic carbocycles. The standard InChI is InChI=1S/C16H21N3O2.ClH/c1-10(17)13-6-7-19(9-13)16(21)12-2-4-14-11(8-12)3-5-15(20)18-14;/h2,4,8,10,13H,3,5-7,9,17H2,1H3,(H,18,20);1H. The van der Waals surface area contributed by atoms with Gasteiger partial charge in [-0.25, -0.2) is 0 Å². The van der Waals surface area contributed by atoms with Gasteiger partial charge in [0.1, 0.15) is 0 Å². The normalized spacial score (nSPS) is 21.6. The molecule has 0 bridgehead atoms. The molecule has 0 saturated carbocycles. The largest absolute Gasteiger partial charge is 0.338 e. The molecular weight excluding hydrogens is 302 g/mol. The predicted octanol–water partition coefficient (Wildman–Crippen LogP) is 1.80. The van der Waals surface area contributed by atoms with Crippen LogP contribution in [0.25, 0.3) is 0 Å². The molecule has 2 heterocycles. The van der Waals surface area contributed by atoms with Crippen LogP contribution in [0.3, 0.4) is 0 Å². The average Bonchev–Trinajstić information content (AvgIpc) is 2.96. The van der Waals surface area contributed by atoms with Gasteiger partial charge in [-0.15, -0.1) is 12.4 Å². The Morgan fingerprint density at radius 2 is 2.18 bits per heavy atom. The number of halogens is 1. The highest BCUT2D eigenvalue weighted by Crippen LogP contribution is 2.26. The van der Waals surface area contributed by atoms with Crippen molar-refractivity contribution in [2.24, 2.45) is 11.7 Å². The number of carbonyl (C=O) groups excluding carboxylic acids is 2. The number of fused-ring (bicyclic) bond motifs is 1. The van der Waals surface area contributed by atoms with Gasteiger partial charge in [0.15, 0.2) is 0 Å². The van der Waals surface area contributed by atoms with Gasteiger partial charge < -0.3 is 16.0 Å². The molecule has 0 radical (unpaired) electrons. The van der Waals surface area contributed by atoms with Crippen molar-refractivity contribution in [2.75, 3.05) is 18.4 Å². The number of hydrogen-bond acceptors (Lipinski definition) is 3. The molecule has 2 aliphatic rings. The Bertz CT molecular complexity index is 589. The fourth-order valence-electron chi connectivity index (χ4n) is 3.10. The minimum Gasteiger partial charge on any atom is -0.338 e. The summed E-state index contributed by atoms with van der Waals surface area (Å²) in [6.45, 7) is 3.52. The first-order chi connectivity index (χ1) is 10.0. The van der Waals surface area contributed by atoms with Crippen molar-refractivity contribution in [3.63, 3.8) is 0 Å². The van der Waals surface area contributed by atoms with Crippen LogP contribution in [-0.4, -0.2) is 35.8 Å². The van der Waals surface area contributed by atoms with Crippen LogP contribution < -0.4 is 11.1 Å². The Morgan fingerprint density at radius 3 is 2.86 bits per heavy atom. The molecule has 22 heavy (non-hydrogen) atoms. The van der Waals surface area contributed by atoms with Crippen LogP contribution in [-0.2, 0) is 11.2 Å². The van der Waals surface area contributed by atoms with E-state index in [9.17, 15) is 9.59 Å². The number of aryl methyl sites for hydroxylation is 1. The number of nitrogens with zero attached hydrogens (tertiary/aromatic N) is 1. The van der Waals surface area contributed by atoms with E-state index in [0.29, 0.717) is 24.3 Å². The van der Waals surface area contributed by atoms with Crippen LogP contribution in [0.4, 0.5) is 5.69 Å². The number of hydrogen-bond donors (Lipinski definition) is 2. The first-order valence-electron chi connectivity index (χ1n) is 7.52. The van der Waals surface area contributed by atoms with E-state index in [1.165, 1.54) is 0 Å². The second kappa shape index (κ2) is 6.67. The lowest BCUT2D eigenvalue weighted by molar-refractivity contribution is -0.116. The fraction of sp³-hybridized carbons (Fsp3) is 0.500. The zero-order chi connectivity index (χ0) is 15.0. The molecule has 3 N–H and O–H groups in total. The highest BCUT2D eigenvalue weighted by molar-refractivity contribution is 5.98. The lowest BCUT2D eigenvalue weighted by Gasteiger charge is -2.21. The summed E-state index contributed by atoms with van der Waals surface area (Å²) in [4.78, 5) is 25.8. The third kappa shape index (κ3) is 3.25. The van der Waals surface area contributed by atoms with Gasteiger partial charge in [0.2, 0.25) is 5.91 Å². The molecular formula is C16H22ClN3O2. The van der Waals surface area contributed by atoms with Crippen LogP contribution >= 0.6 is 12.4 Å². The van der Waals surface area contributed by atoms with Crippen molar-refractivity contribution in [2.45, 2.75) is 32.2 Å². The maximum absolute atomic E-state index is 12.6. The van der Waals surface area contributed by atoms with Gasteiger partial charge in [-0.05, 0) is 49.4 Å². The summed E-state index contributed by atoms with van der Waals surface area (Å²) in [6, 6.07) is 5.67. The van der Waals surface area contributed by atoms with Crippen molar-refractivity contribution in [3.05, 3.63) is 29.3 Å². The van der Waals surface area contributed by atoms with Crippen molar-refractivity contribution < 1.29 is 9.59 Å². The number of amides is 2. The number of rotatable bonds is 2. The maximum atomic E-state index is 12.6. The zero-order valence-corrected chi connectivity index (χ0v) is 13.5. The van der Waals surface area contributed by atoms with E-state index in [2.05, 4.69) is 5.32 Å². The third-order valence-corrected chi connectivity index (χ3v) is 4.50. The molecule has 1 fully saturated rings. The van der Waals surface area contributed by atoms with Gasteiger partial charge in [-0.3, -0.25) is 9.59 Å². The highest BCUT2D eigenvalue weighted by atomic mass is 35.5. The van der Waals surface area contributed by atoms with E-state index >= 15 is 0 Å². The van der Waals surface area contributed by atoms with Crippen molar-refractivity contribution in [3.8, 4) is 0 Å². The zero-order valence-electron chi connectivity index (χ0n) is 12.7. The first-order valence-corrected chi connectivity index (χ1v) is 7.52. The Morgan fingerprint density at radius 1 is 1.41 bits per heavy atom. The van der Waals surface area contributed by atoms with Crippen LogP contribution in [0.1, 0.15) is 35.7 Å². The lowest BCUT2D eigenvalue weighted by atomic mass is 10.00. The van der Waals surface area contributed by atoms with Crippen molar-refractivity contribution in [1.29, 1.82) is 0 Å². The highest BCUT2D eigenvalue weighted by Gasteiger charge is 2.29. The summed E-state index contributed by atoms with van der Waals surface area (Å²) in [5.41, 5.74) is 8.50. The summed E-state index contributed by atoms with van der Waals surface area (Å²) < 4.78 is 0. The number of benzene rings is 1. The van der Waals surface area contributed by atoms with Gasteiger partial charge in [0.05, 0.1) is 0 Å². The number of anilines is 1. The number of nitrogens with two attached hydrogens (primary N) is 1. The van der Waals surface area contributed by atoms with E-state index in [1.54, 1.807) is 6.07 Å². The first kappa shape index (κ1) is 16.8. The SMILES string of the molecule is CC(N)C1CCN(C(=O)c2ccc3c(c2)CCC(=O)N3)C1.Cl. The van der Waals surface area contributed by atoms with Crippen molar-refractivity contribution in [1.82, 2.24) is 4.90 Å². The maximum Gasteiger partial charge on any atom is 0.253 e. The summed E-state index contributed by atoms with van der Waals surface area (Å²) in [7, 11) is 0. The molecule has 120 valence electrons. The lowest BCUT2D eigenvalue weighted by Crippen LogP contribution is -2.33. The van der Waals surface area contributed by atoms with Gasteiger partial charge in [-0.1, -0.05) is 0 Å². The van der Waals surface area contributed by atoms with E-state index in [0.717, 1.165) is 30.8 Å². The smallest absolute Gasteiger partial charge is 0.253 e.